The van der Waals surface area contributed by atoms with Gasteiger partial charge in [-0.3, -0.25) is 0 Å². The molecule has 1 nitrogen and oxygen atoms in total. The summed E-state index contributed by atoms with van der Waals surface area (Å²) in [5, 5.41) is 5.53. The van der Waals surface area contributed by atoms with Crippen LogP contribution in [0, 0.1) is 0 Å². The summed E-state index contributed by atoms with van der Waals surface area (Å²) < 4.78 is 5.31. The molecular formula is C30H16BNS2. The number of rotatable bonds is 0. The van der Waals surface area contributed by atoms with E-state index in [2.05, 4.69) is 102 Å². The van der Waals surface area contributed by atoms with Crippen molar-refractivity contribution in [2.75, 3.05) is 0 Å². The Morgan fingerprint density at radius 1 is 0.618 bits per heavy atom. The topological polar surface area (TPSA) is 4.93 Å². The highest BCUT2D eigenvalue weighted by atomic mass is 32.2. The van der Waals surface area contributed by atoms with E-state index in [1.807, 2.05) is 23.1 Å². The van der Waals surface area contributed by atoms with Crippen molar-refractivity contribution in [1.29, 1.82) is 0 Å². The molecule has 7 aromatic rings. The second-order valence-corrected chi connectivity index (χ2v) is 11.4. The van der Waals surface area contributed by atoms with Crippen molar-refractivity contribution in [2.45, 2.75) is 9.79 Å². The fraction of sp³-hybridized carbons (Fsp3) is 0. The van der Waals surface area contributed by atoms with Gasteiger partial charge in [-0.15, -0.1) is 11.3 Å². The highest BCUT2D eigenvalue weighted by Gasteiger charge is 2.40. The molecule has 2 aromatic heterocycles. The predicted octanol–water partition coefficient (Wildman–Crippen LogP) is 6.45. The number of hydrogen-bond acceptors (Lipinski definition) is 2. The van der Waals surface area contributed by atoms with E-state index in [1.165, 1.54) is 73.8 Å². The molecule has 4 heterocycles. The van der Waals surface area contributed by atoms with Crippen molar-refractivity contribution in [1.82, 2.24) is 4.57 Å². The standard InChI is InChI=1S/C30H16BNS2/c1-4-11-21-17(8-1)19-16-26-27(18-9-2-5-13-23(18)33-26)29-30(19)32(21)22-12-7-15-25-28(22)31(29)20-10-3-6-14-24(20)34-25/h1-16H. The second kappa shape index (κ2) is 6.15. The Bertz CT molecular complexity index is 2010. The lowest BCUT2D eigenvalue weighted by Gasteiger charge is -2.33. The van der Waals surface area contributed by atoms with Gasteiger partial charge >= 0.3 is 0 Å². The molecule has 156 valence electrons. The summed E-state index contributed by atoms with van der Waals surface area (Å²) in [6, 6.07) is 36.2. The second-order valence-electron chi connectivity index (χ2n) is 9.27. The molecule has 0 fully saturated rings. The summed E-state index contributed by atoms with van der Waals surface area (Å²) in [5.74, 6) is 0. The highest BCUT2D eigenvalue weighted by Crippen LogP contribution is 2.43. The summed E-state index contributed by atoms with van der Waals surface area (Å²) in [5.41, 5.74) is 8.40. The lowest BCUT2D eigenvalue weighted by atomic mass is 9.34. The number of benzene rings is 5. The van der Waals surface area contributed by atoms with Crippen LogP contribution in [-0.2, 0) is 0 Å². The number of aromatic nitrogens is 1. The first-order chi connectivity index (χ1) is 16.9. The van der Waals surface area contributed by atoms with Crippen LogP contribution in [-0.4, -0.2) is 11.3 Å². The molecule has 5 aromatic carbocycles. The van der Waals surface area contributed by atoms with Crippen LogP contribution in [0.25, 0.3) is 47.7 Å². The summed E-state index contributed by atoms with van der Waals surface area (Å²) in [6.45, 7) is 0.240. The van der Waals surface area contributed by atoms with Gasteiger partial charge in [0.15, 0.2) is 0 Å². The van der Waals surface area contributed by atoms with Gasteiger partial charge in [-0.1, -0.05) is 77.9 Å². The Hall–Kier alpha value is -3.47. The van der Waals surface area contributed by atoms with Gasteiger partial charge in [0.2, 0.25) is 0 Å². The predicted molar refractivity (Wildman–Crippen MR) is 149 cm³/mol. The van der Waals surface area contributed by atoms with E-state index in [9.17, 15) is 0 Å². The summed E-state index contributed by atoms with van der Waals surface area (Å²) in [4.78, 5) is 2.76. The normalized spacial score (nSPS) is 13.7. The lowest BCUT2D eigenvalue weighted by molar-refractivity contribution is 1.17. The molecule has 0 N–H and O–H groups in total. The zero-order chi connectivity index (χ0) is 22.0. The summed E-state index contributed by atoms with van der Waals surface area (Å²) in [7, 11) is 0. The number of thiophene rings is 1. The zero-order valence-corrected chi connectivity index (χ0v) is 19.7. The number of nitrogens with zero attached hydrogens (tertiary/aromatic N) is 1. The number of fused-ring (bicyclic) bond motifs is 11. The van der Waals surface area contributed by atoms with Crippen LogP contribution in [0.3, 0.4) is 0 Å². The molecule has 0 amide bonds. The van der Waals surface area contributed by atoms with Gasteiger partial charge in [-0.05, 0) is 58.1 Å². The highest BCUT2D eigenvalue weighted by molar-refractivity contribution is 8.00. The lowest BCUT2D eigenvalue weighted by Crippen LogP contribution is -2.58. The Kier molecular flexibility index (Phi) is 3.24. The zero-order valence-electron chi connectivity index (χ0n) is 18.1. The Labute approximate surface area is 204 Å². The quantitative estimate of drug-likeness (QED) is 0.233. The molecule has 2 aliphatic heterocycles. The van der Waals surface area contributed by atoms with Crippen LogP contribution < -0.4 is 16.4 Å². The molecule has 0 bridgehead atoms. The van der Waals surface area contributed by atoms with Crippen LogP contribution in [0.1, 0.15) is 0 Å². The number of para-hydroxylation sites is 1. The van der Waals surface area contributed by atoms with E-state index in [4.69, 9.17) is 0 Å². The molecule has 0 radical (unpaired) electrons. The van der Waals surface area contributed by atoms with Gasteiger partial charge in [0.1, 0.15) is 0 Å². The molecule has 34 heavy (non-hydrogen) atoms. The van der Waals surface area contributed by atoms with Gasteiger partial charge in [-0.2, -0.15) is 0 Å². The molecule has 0 aliphatic carbocycles. The van der Waals surface area contributed by atoms with Crippen molar-refractivity contribution in [3.63, 3.8) is 0 Å². The molecule has 0 unspecified atom stereocenters. The first-order valence-electron chi connectivity index (χ1n) is 11.7. The van der Waals surface area contributed by atoms with Gasteiger partial charge in [0, 0.05) is 35.7 Å². The Balaban J connectivity index is 1.63. The van der Waals surface area contributed by atoms with Crippen LogP contribution >= 0.6 is 23.1 Å². The SMILES string of the molecule is c1ccc2c(c1)Sc1cccc3c1B2c1c2c(cc4c5ccccc5n-3c14)sc1ccccc12. The molecule has 9 rings (SSSR count). The van der Waals surface area contributed by atoms with E-state index in [1.54, 1.807) is 0 Å². The molecular weight excluding hydrogens is 449 g/mol. The van der Waals surface area contributed by atoms with Gasteiger partial charge in [-0.25, -0.2) is 0 Å². The minimum absolute atomic E-state index is 0.240. The molecule has 2 aliphatic rings. The van der Waals surface area contributed by atoms with Crippen molar-refractivity contribution < 1.29 is 0 Å². The van der Waals surface area contributed by atoms with Crippen LogP contribution in [0.2, 0.25) is 0 Å². The first-order valence-corrected chi connectivity index (χ1v) is 13.3. The van der Waals surface area contributed by atoms with E-state index in [0.29, 0.717) is 0 Å². The van der Waals surface area contributed by atoms with Gasteiger partial charge < -0.3 is 4.57 Å². The van der Waals surface area contributed by atoms with Crippen molar-refractivity contribution in [3.05, 3.63) is 97.1 Å². The minimum atomic E-state index is 0.240. The Morgan fingerprint density at radius 2 is 1.41 bits per heavy atom. The third-order valence-electron chi connectivity index (χ3n) is 7.65. The molecule has 4 heteroatoms. The molecule has 0 atom stereocenters. The fourth-order valence-electron chi connectivity index (χ4n) is 6.39. The van der Waals surface area contributed by atoms with E-state index in [0.717, 1.165) is 0 Å². The van der Waals surface area contributed by atoms with Crippen molar-refractivity contribution in [3.8, 4) is 5.69 Å². The monoisotopic (exact) mass is 465 g/mol. The minimum Gasteiger partial charge on any atom is -0.310 e. The van der Waals surface area contributed by atoms with Crippen molar-refractivity contribution >= 4 is 88.2 Å². The van der Waals surface area contributed by atoms with E-state index >= 15 is 0 Å². The largest absolute Gasteiger partial charge is 0.310 e. The fourth-order valence-corrected chi connectivity index (χ4v) is 8.72. The van der Waals surface area contributed by atoms with Crippen LogP contribution in [0.5, 0.6) is 0 Å². The third kappa shape index (κ3) is 2.02. The number of hydrogen-bond donors (Lipinski definition) is 0. The maximum Gasteiger partial charge on any atom is 0.250 e. The summed E-state index contributed by atoms with van der Waals surface area (Å²) >= 11 is 3.85. The maximum absolute atomic E-state index is 2.55. The maximum atomic E-state index is 2.55. The van der Waals surface area contributed by atoms with Gasteiger partial charge in [0.25, 0.3) is 6.71 Å². The van der Waals surface area contributed by atoms with Crippen LogP contribution in [0.15, 0.2) is 107 Å². The van der Waals surface area contributed by atoms with Crippen LogP contribution in [0.4, 0.5) is 0 Å². The van der Waals surface area contributed by atoms with E-state index < -0.39 is 0 Å². The first kappa shape index (κ1) is 17.9. The van der Waals surface area contributed by atoms with Crippen molar-refractivity contribution in [2.24, 2.45) is 0 Å². The average molecular weight is 465 g/mol. The smallest absolute Gasteiger partial charge is 0.250 e. The third-order valence-corrected chi connectivity index (χ3v) is 9.93. The molecule has 0 saturated carbocycles. The Morgan fingerprint density at radius 3 is 2.38 bits per heavy atom. The molecule has 0 saturated heterocycles. The molecule has 0 spiro atoms. The van der Waals surface area contributed by atoms with Gasteiger partial charge in [0.05, 0.1) is 11.0 Å². The average Bonchev–Trinajstić information content (AvgIpc) is 3.42. The summed E-state index contributed by atoms with van der Waals surface area (Å²) in [6.07, 6.45) is 0. The van der Waals surface area contributed by atoms with E-state index in [-0.39, 0.29) is 6.71 Å².